The van der Waals surface area contributed by atoms with Gasteiger partial charge < -0.3 is 49.7 Å². The van der Waals surface area contributed by atoms with Crippen LogP contribution < -0.4 is 16.0 Å². The number of pyridine rings is 1. The Hall–Kier alpha value is -4.47. The van der Waals surface area contributed by atoms with E-state index in [1.807, 2.05) is 0 Å². The van der Waals surface area contributed by atoms with E-state index in [9.17, 15) is 61.9 Å². The van der Waals surface area contributed by atoms with Gasteiger partial charge in [-0.1, -0.05) is 11.8 Å². The van der Waals surface area contributed by atoms with Gasteiger partial charge in [-0.25, -0.2) is 23.7 Å². The molecule has 31 heteroatoms. The van der Waals surface area contributed by atoms with Gasteiger partial charge >= 0.3 is 36.6 Å². The molecule has 0 aromatic carbocycles. The van der Waals surface area contributed by atoms with E-state index in [0.717, 1.165) is 7.05 Å². The normalized spacial score (nSPS) is 14.5. The molecule has 10 N–H and O–H groups in total. The predicted molar refractivity (Wildman–Crippen MR) is 211 cm³/mol. The fraction of sp³-hybridized carbons (Fsp3) is 0.452. The van der Waals surface area contributed by atoms with Crippen LogP contribution >= 0.6 is 30.5 Å². The second kappa shape index (κ2) is 21.7. The quantitative estimate of drug-likeness (QED) is 0.0276. The first-order chi connectivity index (χ1) is 28.9. The van der Waals surface area contributed by atoms with Crippen molar-refractivity contribution in [2.75, 3.05) is 26.4 Å². The summed E-state index contributed by atoms with van der Waals surface area (Å²) in [4.78, 5) is 122. The third-order valence-electron chi connectivity index (χ3n) is 8.17. The molecule has 3 aromatic rings. The van der Waals surface area contributed by atoms with E-state index in [-0.39, 0.29) is 61.3 Å². The first kappa shape index (κ1) is 50.2. The maximum atomic E-state index is 12.5. The number of hydrogen-bond acceptors (Lipinski definition) is 14. The van der Waals surface area contributed by atoms with Gasteiger partial charge in [0, 0.05) is 63.3 Å². The second-order valence-electron chi connectivity index (χ2n) is 13.3. The average Bonchev–Trinajstić information content (AvgIpc) is 3.92. The standard InChI is InChI=1S/C31H44N10O17P4/c1-38(21-59(46,47)48)62(55,56)57-20-24-12-16-40(37-24)26-18-22(17-25(35-26)39-15-11-23(36-39)19-34-31(60(49,50)51)61(52,53)54)7-4-2-3-5-8-27(42)32-13-6-14-33-30(45)58-41-28(43)9-10-29(41)44/h11-12,15-18,31,34H,2-3,5-6,8-10,13-14,19-21H2,1H3,(H,32,42)(H,33,45)(H,55,56)(H2,46,47,48)(H2,49,50,51)(H2,52,53,54). The lowest BCUT2D eigenvalue weighted by atomic mass is 10.1. The molecule has 1 aliphatic heterocycles. The van der Waals surface area contributed by atoms with Crippen LogP contribution in [0.25, 0.3) is 11.6 Å². The zero-order chi connectivity index (χ0) is 45.9. The van der Waals surface area contributed by atoms with Crippen LogP contribution in [0, 0.1) is 11.8 Å². The fourth-order valence-corrected chi connectivity index (χ4v) is 9.61. The molecule has 4 rings (SSSR count). The molecule has 0 saturated carbocycles. The molecule has 27 nitrogen and oxygen atoms in total. The van der Waals surface area contributed by atoms with Crippen molar-refractivity contribution in [3.05, 3.63) is 53.6 Å². The Labute approximate surface area is 352 Å². The highest BCUT2D eigenvalue weighted by Gasteiger charge is 2.43. The van der Waals surface area contributed by atoms with Gasteiger partial charge in [0.1, 0.15) is 12.9 Å². The zero-order valence-corrected chi connectivity index (χ0v) is 36.2. The Bertz CT molecular complexity index is 2330. The fourth-order valence-electron chi connectivity index (χ4n) is 5.22. The third kappa shape index (κ3) is 16.0. The molecular formula is C31H44N10O17P4. The molecule has 1 saturated heterocycles. The Morgan fingerprint density at radius 2 is 1.44 bits per heavy atom. The van der Waals surface area contributed by atoms with Crippen LogP contribution in [-0.4, -0.2) is 124 Å². The smallest absolute Gasteiger partial charge is 0.356 e. The van der Waals surface area contributed by atoms with Gasteiger partial charge in [-0.2, -0.15) is 14.9 Å². The number of hydroxylamine groups is 2. The first-order valence-corrected chi connectivity index (χ1v) is 24.9. The molecule has 1 atom stereocenters. The number of imide groups is 1. The highest BCUT2D eigenvalue weighted by atomic mass is 31.2. The van der Waals surface area contributed by atoms with Crippen molar-refractivity contribution in [2.45, 2.75) is 63.6 Å². The van der Waals surface area contributed by atoms with E-state index in [1.165, 1.54) is 40.0 Å². The summed E-state index contributed by atoms with van der Waals surface area (Å²) in [5.41, 5.74) is -1.84. The van der Waals surface area contributed by atoms with Crippen LogP contribution in [0.2, 0.25) is 0 Å². The van der Waals surface area contributed by atoms with Crippen LogP contribution in [0.5, 0.6) is 0 Å². The molecule has 340 valence electrons. The van der Waals surface area contributed by atoms with E-state index in [1.54, 1.807) is 6.07 Å². The van der Waals surface area contributed by atoms with Crippen molar-refractivity contribution >= 4 is 54.3 Å². The summed E-state index contributed by atoms with van der Waals surface area (Å²) in [7, 11) is -18.9. The minimum absolute atomic E-state index is 0.0293. The molecule has 1 fully saturated rings. The van der Waals surface area contributed by atoms with Crippen LogP contribution in [0.4, 0.5) is 4.79 Å². The summed E-state index contributed by atoms with van der Waals surface area (Å²) < 4.78 is 55.2. The van der Waals surface area contributed by atoms with Gasteiger partial charge in [-0.3, -0.25) is 37.9 Å². The molecule has 4 heterocycles. The van der Waals surface area contributed by atoms with Crippen molar-refractivity contribution < 1.29 is 81.1 Å². The summed E-state index contributed by atoms with van der Waals surface area (Å²) in [6, 6.07) is 5.90. The van der Waals surface area contributed by atoms with Crippen LogP contribution in [0.15, 0.2) is 36.7 Å². The Morgan fingerprint density at radius 3 is 2.03 bits per heavy atom. The number of nitrogens with one attached hydrogen (secondary N) is 3. The summed E-state index contributed by atoms with van der Waals surface area (Å²) >= 11 is 0. The van der Waals surface area contributed by atoms with E-state index in [4.69, 9.17) is 19.1 Å². The number of carbonyl (C=O) groups excluding carboxylic acids is 4. The number of amides is 4. The van der Waals surface area contributed by atoms with Crippen molar-refractivity contribution in [3.63, 3.8) is 0 Å². The van der Waals surface area contributed by atoms with E-state index in [2.05, 4.69) is 43.0 Å². The molecule has 62 heavy (non-hydrogen) atoms. The lowest BCUT2D eigenvalue weighted by Crippen LogP contribution is -2.38. The predicted octanol–water partition coefficient (Wildman–Crippen LogP) is 0.0740. The lowest BCUT2D eigenvalue weighted by molar-refractivity contribution is -0.171. The molecule has 1 unspecified atom stereocenters. The van der Waals surface area contributed by atoms with Gasteiger partial charge in [0.05, 0.1) is 11.4 Å². The Balaban J connectivity index is 1.38. The first-order valence-electron chi connectivity index (χ1n) is 18.2. The molecule has 0 bridgehead atoms. The summed E-state index contributed by atoms with van der Waals surface area (Å²) in [6.07, 6.45) is 2.72. The average molecular weight is 953 g/mol. The zero-order valence-electron chi connectivity index (χ0n) is 32.7. The Morgan fingerprint density at radius 1 is 0.855 bits per heavy atom. The highest BCUT2D eigenvalue weighted by Crippen LogP contribution is 2.58. The maximum absolute atomic E-state index is 12.5. The molecule has 0 radical (unpaired) electrons. The largest absolute Gasteiger partial charge is 0.432 e. The van der Waals surface area contributed by atoms with Gasteiger partial charge in [0.25, 0.3) is 11.8 Å². The number of nitrogens with zero attached hydrogens (tertiary/aromatic N) is 7. The Kier molecular flexibility index (Phi) is 17.6. The van der Waals surface area contributed by atoms with Gasteiger partial charge in [0.15, 0.2) is 11.6 Å². The number of hydrogen-bond donors (Lipinski definition) is 10. The lowest BCUT2D eigenvalue weighted by Gasteiger charge is -2.22. The van der Waals surface area contributed by atoms with E-state index < -0.39 is 73.4 Å². The molecule has 0 aliphatic carbocycles. The number of carbonyl (C=O) groups is 4. The minimum Gasteiger partial charge on any atom is -0.356 e. The van der Waals surface area contributed by atoms with Gasteiger partial charge in [-0.05, 0) is 50.6 Å². The van der Waals surface area contributed by atoms with Gasteiger partial charge in [-0.15, -0.1) is 5.06 Å². The van der Waals surface area contributed by atoms with Crippen LogP contribution in [0.1, 0.15) is 61.9 Å². The maximum Gasteiger partial charge on any atom is 0.432 e. The third-order valence-corrected chi connectivity index (χ3v) is 14.1. The summed E-state index contributed by atoms with van der Waals surface area (Å²) in [5, 5.41) is 16.2. The highest BCUT2D eigenvalue weighted by molar-refractivity contribution is 7.70. The second-order valence-corrected chi connectivity index (χ2v) is 20.7. The molecule has 4 amide bonds. The van der Waals surface area contributed by atoms with Crippen LogP contribution in [-0.2, 0) is 55.2 Å². The van der Waals surface area contributed by atoms with Gasteiger partial charge in [0.2, 0.25) is 11.4 Å². The monoisotopic (exact) mass is 952 g/mol. The molecule has 3 aromatic heterocycles. The number of aromatic nitrogens is 5. The van der Waals surface area contributed by atoms with Crippen LogP contribution in [0.3, 0.4) is 0 Å². The molecule has 0 spiro atoms. The van der Waals surface area contributed by atoms with Crippen molar-refractivity contribution in [3.8, 4) is 23.5 Å². The SMILES string of the molecule is CN(CP(=O)(O)O)P(=O)(O)OCc1ccn(-c2cc(C#CCCCCC(=O)NCCCNC(=O)ON3C(=O)CCC3=O)cc(-n3ccc(CNC(P(=O)(O)O)P(=O)(O)O)n3)n2)n1. The van der Waals surface area contributed by atoms with Crippen molar-refractivity contribution in [1.29, 1.82) is 0 Å². The van der Waals surface area contributed by atoms with E-state index in [0.29, 0.717) is 41.0 Å². The van der Waals surface area contributed by atoms with E-state index >= 15 is 0 Å². The number of rotatable bonds is 22. The number of unbranched alkanes of at least 4 members (excludes halogenated alkanes) is 2. The van der Waals surface area contributed by atoms with Crippen molar-refractivity contribution in [2.24, 2.45) is 0 Å². The molecular weight excluding hydrogens is 908 g/mol. The molecule has 1 aliphatic rings. The minimum atomic E-state index is -5.27. The summed E-state index contributed by atoms with van der Waals surface area (Å²) in [6.45, 7) is -0.644. The topological polar surface area (TPSA) is 388 Å². The van der Waals surface area contributed by atoms with Crippen molar-refractivity contribution in [1.82, 2.24) is 50.2 Å². The summed E-state index contributed by atoms with van der Waals surface area (Å²) in [5.74, 6) is 4.86.